The van der Waals surface area contributed by atoms with E-state index in [2.05, 4.69) is 0 Å². The fourth-order valence-corrected chi connectivity index (χ4v) is 4.55. The van der Waals surface area contributed by atoms with Gasteiger partial charge in [-0.25, -0.2) is 9.59 Å². The molecule has 0 radical (unpaired) electrons. The number of carbonyl (C=O) groups excluding carboxylic acids is 5. The molecule has 0 unspecified atom stereocenters. The van der Waals surface area contributed by atoms with Gasteiger partial charge in [0.25, 0.3) is 0 Å². The average molecular weight is 439 g/mol. The number of likely N-dealkylation sites (tertiary alicyclic amines) is 2. The minimum Gasteiger partial charge on any atom is -0.464 e. The minimum atomic E-state index is -1.14. The maximum Gasteiger partial charge on any atom is 0.328 e. The Kier molecular flexibility index (Phi) is 9.00. The summed E-state index contributed by atoms with van der Waals surface area (Å²) in [6.07, 6.45) is 2.26. The van der Waals surface area contributed by atoms with Gasteiger partial charge in [0.15, 0.2) is 0 Å². The maximum absolute atomic E-state index is 13.5. The molecule has 2 amide bonds. The molecule has 174 valence electrons. The fourth-order valence-electron chi connectivity index (χ4n) is 4.55. The van der Waals surface area contributed by atoms with Crippen LogP contribution in [-0.2, 0) is 33.4 Å². The van der Waals surface area contributed by atoms with E-state index < -0.39 is 47.7 Å². The topological polar surface area (TPSA) is 110 Å². The number of rotatable bonds is 9. The van der Waals surface area contributed by atoms with Gasteiger partial charge in [-0.2, -0.15) is 0 Å². The third kappa shape index (κ3) is 5.83. The van der Waals surface area contributed by atoms with Gasteiger partial charge in [-0.05, 0) is 52.4 Å². The molecule has 9 heteroatoms. The zero-order valence-electron chi connectivity index (χ0n) is 18.9. The summed E-state index contributed by atoms with van der Waals surface area (Å²) in [7, 11) is 0. The normalized spacial score (nSPS) is 21.8. The lowest BCUT2D eigenvalue weighted by Crippen LogP contribution is -2.53. The van der Waals surface area contributed by atoms with Gasteiger partial charge in [0.1, 0.15) is 23.8 Å². The molecule has 2 fully saturated rings. The Balaban J connectivity index is 2.30. The van der Waals surface area contributed by atoms with Crippen LogP contribution < -0.4 is 0 Å². The van der Waals surface area contributed by atoms with E-state index in [-0.39, 0.29) is 25.4 Å². The molecule has 0 aromatic rings. The van der Waals surface area contributed by atoms with Crippen molar-refractivity contribution in [3.8, 4) is 0 Å². The van der Waals surface area contributed by atoms with Crippen LogP contribution in [0, 0.1) is 11.8 Å². The van der Waals surface area contributed by atoms with Crippen molar-refractivity contribution < 1.29 is 33.4 Å². The first-order chi connectivity index (χ1) is 14.7. The van der Waals surface area contributed by atoms with Crippen molar-refractivity contribution in [2.45, 2.75) is 71.9 Å². The Morgan fingerprint density at radius 2 is 1.26 bits per heavy atom. The summed E-state index contributed by atoms with van der Waals surface area (Å²) in [5.74, 6) is -3.77. The molecule has 0 spiro atoms. The molecule has 0 N–H and O–H groups in total. The molecule has 2 rings (SSSR count). The summed E-state index contributed by atoms with van der Waals surface area (Å²) < 4.78 is 10.2. The first kappa shape index (κ1) is 24.8. The van der Waals surface area contributed by atoms with Crippen LogP contribution in [0.15, 0.2) is 0 Å². The van der Waals surface area contributed by atoms with Crippen LogP contribution in [-0.4, -0.2) is 77.7 Å². The highest BCUT2D eigenvalue weighted by Crippen LogP contribution is 2.30. The molecule has 9 nitrogen and oxygen atoms in total. The van der Waals surface area contributed by atoms with Crippen LogP contribution in [0.1, 0.15) is 59.8 Å². The van der Waals surface area contributed by atoms with Crippen LogP contribution in [0.4, 0.5) is 0 Å². The summed E-state index contributed by atoms with van der Waals surface area (Å²) in [5.41, 5.74) is 0. The van der Waals surface area contributed by atoms with Crippen molar-refractivity contribution in [3.63, 3.8) is 0 Å². The number of carbonyl (C=O) groups is 5. The highest BCUT2D eigenvalue weighted by atomic mass is 16.5. The molecule has 0 aromatic heterocycles. The Morgan fingerprint density at radius 3 is 1.61 bits per heavy atom. The van der Waals surface area contributed by atoms with Crippen LogP contribution in [0.5, 0.6) is 0 Å². The molecule has 0 saturated carbocycles. The Hall–Kier alpha value is -2.45. The first-order valence-electron chi connectivity index (χ1n) is 11.2. The number of hydrogen-bond donors (Lipinski definition) is 0. The number of ketones is 1. The number of amides is 2. The Labute approximate surface area is 183 Å². The zero-order chi connectivity index (χ0) is 23.1. The van der Waals surface area contributed by atoms with E-state index in [0.717, 1.165) is 0 Å². The molecule has 0 aliphatic carbocycles. The van der Waals surface area contributed by atoms with Gasteiger partial charge in [-0.1, -0.05) is 6.92 Å². The molecule has 3 atom stereocenters. The quantitative estimate of drug-likeness (QED) is 0.394. The van der Waals surface area contributed by atoms with E-state index in [0.29, 0.717) is 38.8 Å². The second kappa shape index (κ2) is 11.2. The lowest BCUT2D eigenvalue weighted by molar-refractivity contribution is -0.161. The van der Waals surface area contributed by atoms with Crippen LogP contribution in [0.25, 0.3) is 0 Å². The number of hydrogen-bond acceptors (Lipinski definition) is 7. The van der Waals surface area contributed by atoms with Gasteiger partial charge in [0.2, 0.25) is 11.8 Å². The SMILES string of the molecule is CCOC(=O)[C@@H]1CCCN1C(=O)C(C(=O)N1CCC[C@H]1C(=O)OCC)[C@H](C)CC(C)=O. The van der Waals surface area contributed by atoms with E-state index in [1.807, 2.05) is 0 Å². The van der Waals surface area contributed by atoms with E-state index in [1.54, 1.807) is 20.8 Å². The largest absolute Gasteiger partial charge is 0.464 e. The van der Waals surface area contributed by atoms with Crippen molar-refractivity contribution in [3.05, 3.63) is 0 Å². The van der Waals surface area contributed by atoms with Gasteiger partial charge in [0.05, 0.1) is 13.2 Å². The first-order valence-corrected chi connectivity index (χ1v) is 11.2. The van der Waals surface area contributed by atoms with Crippen LogP contribution in [0.2, 0.25) is 0 Å². The van der Waals surface area contributed by atoms with Gasteiger partial charge < -0.3 is 24.1 Å². The van der Waals surface area contributed by atoms with Gasteiger partial charge in [-0.3, -0.25) is 9.59 Å². The van der Waals surface area contributed by atoms with E-state index in [1.165, 1.54) is 16.7 Å². The third-order valence-corrected chi connectivity index (χ3v) is 5.90. The van der Waals surface area contributed by atoms with E-state index >= 15 is 0 Å². The summed E-state index contributed by atoms with van der Waals surface area (Å²) in [6, 6.07) is -1.46. The van der Waals surface area contributed by atoms with Gasteiger partial charge >= 0.3 is 11.9 Å². The predicted octanol–water partition coefficient (Wildman–Crippen LogP) is 1.33. The molecular weight excluding hydrogens is 404 g/mol. The molecular formula is C22H34N2O7. The van der Waals surface area contributed by atoms with Crippen LogP contribution >= 0.6 is 0 Å². The monoisotopic (exact) mass is 438 g/mol. The summed E-state index contributed by atoms with van der Waals surface area (Å²) in [4.78, 5) is 66.3. The summed E-state index contributed by atoms with van der Waals surface area (Å²) in [5, 5.41) is 0. The zero-order valence-corrected chi connectivity index (χ0v) is 18.9. The standard InChI is InChI=1S/C22H34N2O7/c1-5-30-21(28)16-9-7-11-23(16)19(26)18(14(3)13-15(4)25)20(27)24-12-8-10-17(24)22(29)31-6-2/h14,16-18H,5-13H2,1-4H3/t14-,16+,17+/m1/s1. The summed E-state index contributed by atoms with van der Waals surface area (Å²) >= 11 is 0. The number of Topliss-reactive ketones (excluding diaryl/α,β-unsaturated/α-hetero) is 1. The lowest BCUT2D eigenvalue weighted by Gasteiger charge is -2.33. The molecule has 2 saturated heterocycles. The lowest BCUT2D eigenvalue weighted by atomic mass is 9.87. The van der Waals surface area contributed by atoms with Crippen molar-refractivity contribution in [1.29, 1.82) is 0 Å². The molecule has 2 heterocycles. The molecule has 0 bridgehead atoms. The number of esters is 2. The molecule has 2 aliphatic rings. The maximum atomic E-state index is 13.5. The summed E-state index contributed by atoms with van der Waals surface area (Å²) in [6.45, 7) is 7.60. The minimum absolute atomic E-state index is 0.0535. The van der Waals surface area contributed by atoms with Crippen LogP contribution in [0.3, 0.4) is 0 Å². The van der Waals surface area contributed by atoms with Gasteiger partial charge in [-0.15, -0.1) is 0 Å². The van der Waals surface area contributed by atoms with Crippen molar-refractivity contribution in [1.82, 2.24) is 9.80 Å². The molecule has 0 aromatic carbocycles. The van der Waals surface area contributed by atoms with Gasteiger partial charge in [0, 0.05) is 19.5 Å². The molecule has 31 heavy (non-hydrogen) atoms. The van der Waals surface area contributed by atoms with Crippen molar-refractivity contribution in [2.24, 2.45) is 11.8 Å². The third-order valence-electron chi connectivity index (χ3n) is 5.90. The predicted molar refractivity (Wildman–Crippen MR) is 111 cm³/mol. The highest BCUT2D eigenvalue weighted by Gasteiger charge is 2.46. The molecule has 2 aliphatic heterocycles. The Bertz CT molecular complexity index is 660. The Morgan fingerprint density at radius 1 is 0.839 bits per heavy atom. The second-order valence-corrected chi connectivity index (χ2v) is 8.24. The van der Waals surface area contributed by atoms with Crippen molar-refractivity contribution >= 4 is 29.5 Å². The number of nitrogens with zero attached hydrogens (tertiary/aromatic N) is 2. The highest BCUT2D eigenvalue weighted by molar-refractivity contribution is 6.03. The number of ether oxygens (including phenoxy) is 2. The van der Waals surface area contributed by atoms with E-state index in [4.69, 9.17) is 9.47 Å². The van der Waals surface area contributed by atoms with E-state index in [9.17, 15) is 24.0 Å². The fraction of sp³-hybridized carbons (Fsp3) is 0.773. The van der Waals surface area contributed by atoms with Crippen molar-refractivity contribution in [2.75, 3.05) is 26.3 Å². The average Bonchev–Trinajstić information content (AvgIpc) is 3.37. The second-order valence-electron chi connectivity index (χ2n) is 8.24. The smallest absolute Gasteiger partial charge is 0.328 e.